The standard InChI is InChI=1S/C20H21ClN2O3/c21-19-14-17(23(25)26)8-9-18(19)20(24)22-12-10-16(11-13-22)7-6-15-4-2-1-3-5-15/h1-5,8-9,14,16H,6-7,10-13H2. The van der Waals surface area contributed by atoms with E-state index in [0.717, 1.165) is 25.7 Å². The van der Waals surface area contributed by atoms with E-state index in [1.807, 2.05) is 6.07 Å². The minimum Gasteiger partial charge on any atom is -0.339 e. The number of piperidine rings is 1. The van der Waals surface area contributed by atoms with Crippen LogP contribution in [0.15, 0.2) is 48.5 Å². The molecule has 1 amide bonds. The molecule has 3 rings (SSSR count). The third-order valence-electron chi connectivity index (χ3n) is 4.98. The van der Waals surface area contributed by atoms with Crippen LogP contribution in [0, 0.1) is 16.0 Å². The van der Waals surface area contributed by atoms with Crippen molar-refractivity contribution in [3.63, 3.8) is 0 Å². The average molecular weight is 373 g/mol. The molecule has 0 unspecified atom stereocenters. The van der Waals surface area contributed by atoms with Crippen LogP contribution in [0.25, 0.3) is 0 Å². The van der Waals surface area contributed by atoms with Gasteiger partial charge in [0, 0.05) is 25.2 Å². The topological polar surface area (TPSA) is 63.4 Å². The lowest BCUT2D eigenvalue weighted by atomic mass is 9.90. The van der Waals surface area contributed by atoms with Crippen LogP contribution in [-0.2, 0) is 6.42 Å². The number of amides is 1. The Bertz CT molecular complexity index is 787. The van der Waals surface area contributed by atoms with Gasteiger partial charge >= 0.3 is 0 Å². The van der Waals surface area contributed by atoms with E-state index in [9.17, 15) is 14.9 Å². The van der Waals surface area contributed by atoms with Crippen LogP contribution in [0.5, 0.6) is 0 Å². The highest BCUT2D eigenvalue weighted by atomic mass is 35.5. The fraction of sp³-hybridized carbons (Fsp3) is 0.350. The van der Waals surface area contributed by atoms with Crippen molar-refractivity contribution < 1.29 is 9.72 Å². The van der Waals surface area contributed by atoms with E-state index >= 15 is 0 Å². The number of rotatable bonds is 5. The molecule has 5 nitrogen and oxygen atoms in total. The molecular weight excluding hydrogens is 352 g/mol. The summed E-state index contributed by atoms with van der Waals surface area (Å²) in [6, 6.07) is 14.5. The number of nitrogens with zero attached hydrogens (tertiary/aromatic N) is 2. The molecule has 0 saturated carbocycles. The summed E-state index contributed by atoms with van der Waals surface area (Å²) in [6.45, 7) is 1.40. The highest BCUT2D eigenvalue weighted by Gasteiger charge is 2.25. The lowest BCUT2D eigenvalue weighted by Gasteiger charge is -2.32. The molecule has 0 bridgehead atoms. The SMILES string of the molecule is O=C(c1ccc([N+](=O)[O-])cc1Cl)N1CCC(CCc2ccccc2)CC1. The maximum atomic E-state index is 12.7. The van der Waals surface area contributed by atoms with E-state index in [4.69, 9.17) is 11.6 Å². The summed E-state index contributed by atoms with van der Waals surface area (Å²) in [7, 11) is 0. The first-order valence-corrected chi connectivity index (χ1v) is 9.19. The van der Waals surface area contributed by atoms with E-state index in [-0.39, 0.29) is 16.6 Å². The molecular formula is C20H21ClN2O3. The number of halogens is 1. The van der Waals surface area contributed by atoms with Crippen molar-refractivity contribution in [2.45, 2.75) is 25.7 Å². The fourth-order valence-electron chi connectivity index (χ4n) is 3.40. The van der Waals surface area contributed by atoms with Crippen molar-refractivity contribution in [2.75, 3.05) is 13.1 Å². The highest BCUT2D eigenvalue weighted by Crippen LogP contribution is 2.27. The van der Waals surface area contributed by atoms with Gasteiger partial charge in [-0.15, -0.1) is 0 Å². The normalized spacial score (nSPS) is 15.0. The lowest BCUT2D eigenvalue weighted by Crippen LogP contribution is -2.38. The first-order chi connectivity index (χ1) is 12.5. The third-order valence-corrected chi connectivity index (χ3v) is 5.29. The molecule has 0 aromatic heterocycles. The van der Waals surface area contributed by atoms with E-state index in [1.165, 1.54) is 23.8 Å². The number of likely N-dealkylation sites (tertiary alicyclic amines) is 1. The Morgan fingerprint density at radius 3 is 2.46 bits per heavy atom. The molecule has 136 valence electrons. The molecule has 0 spiro atoms. The molecule has 26 heavy (non-hydrogen) atoms. The Morgan fingerprint density at radius 2 is 1.85 bits per heavy atom. The predicted octanol–water partition coefficient (Wildman–Crippen LogP) is 4.73. The Balaban J connectivity index is 1.54. The van der Waals surface area contributed by atoms with E-state index < -0.39 is 4.92 Å². The molecule has 0 N–H and O–H groups in total. The Morgan fingerprint density at radius 1 is 1.15 bits per heavy atom. The molecule has 1 fully saturated rings. The number of hydrogen-bond acceptors (Lipinski definition) is 3. The van der Waals surface area contributed by atoms with Crippen LogP contribution in [0.2, 0.25) is 5.02 Å². The Hall–Kier alpha value is -2.40. The van der Waals surface area contributed by atoms with Gasteiger partial charge in [-0.25, -0.2) is 0 Å². The summed E-state index contributed by atoms with van der Waals surface area (Å²) in [5.74, 6) is 0.470. The minimum absolute atomic E-state index is 0.105. The molecule has 0 atom stereocenters. The van der Waals surface area contributed by atoms with Crippen LogP contribution in [0.1, 0.15) is 35.2 Å². The van der Waals surface area contributed by atoms with Crippen molar-refractivity contribution in [3.05, 3.63) is 74.8 Å². The predicted molar refractivity (Wildman–Crippen MR) is 101 cm³/mol. The molecule has 2 aromatic rings. The van der Waals surface area contributed by atoms with Crippen molar-refractivity contribution in [1.82, 2.24) is 4.90 Å². The number of carbonyl (C=O) groups is 1. The average Bonchev–Trinajstić information content (AvgIpc) is 2.67. The van der Waals surface area contributed by atoms with Gasteiger partial charge in [-0.05, 0) is 43.2 Å². The van der Waals surface area contributed by atoms with Gasteiger partial charge in [0.1, 0.15) is 0 Å². The zero-order valence-corrected chi connectivity index (χ0v) is 15.2. The third kappa shape index (κ3) is 4.41. The summed E-state index contributed by atoms with van der Waals surface area (Å²) in [4.78, 5) is 24.7. The molecule has 1 aliphatic heterocycles. The first kappa shape index (κ1) is 18.4. The van der Waals surface area contributed by atoms with Crippen LogP contribution < -0.4 is 0 Å². The van der Waals surface area contributed by atoms with Gasteiger partial charge in [0.25, 0.3) is 11.6 Å². The van der Waals surface area contributed by atoms with Crippen molar-refractivity contribution in [1.29, 1.82) is 0 Å². The number of nitro benzene ring substituents is 1. The second-order valence-electron chi connectivity index (χ2n) is 6.68. The maximum Gasteiger partial charge on any atom is 0.270 e. The lowest BCUT2D eigenvalue weighted by molar-refractivity contribution is -0.384. The maximum absolute atomic E-state index is 12.7. The van der Waals surface area contributed by atoms with Crippen molar-refractivity contribution in [3.8, 4) is 0 Å². The molecule has 1 saturated heterocycles. The minimum atomic E-state index is -0.516. The molecule has 2 aromatic carbocycles. The van der Waals surface area contributed by atoms with Gasteiger partial charge < -0.3 is 4.90 Å². The summed E-state index contributed by atoms with van der Waals surface area (Å²) in [5.41, 5.74) is 1.58. The number of benzene rings is 2. The molecule has 0 radical (unpaired) electrons. The van der Waals surface area contributed by atoms with E-state index in [0.29, 0.717) is 24.6 Å². The number of carbonyl (C=O) groups excluding carboxylic acids is 1. The first-order valence-electron chi connectivity index (χ1n) is 8.81. The molecule has 1 heterocycles. The van der Waals surface area contributed by atoms with Crippen LogP contribution in [0.3, 0.4) is 0 Å². The number of hydrogen-bond donors (Lipinski definition) is 0. The number of nitro groups is 1. The smallest absolute Gasteiger partial charge is 0.270 e. The zero-order chi connectivity index (χ0) is 18.5. The van der Waals surface area contributed by atoms with Gasteiger partial charge in [0.2, 0.25) is 0 Å². The van der Waals surface area contributed by atoms with Crippen LogP contribution in [0.4, 0.5) is 5.69 Å². The summed E-state index contributed by atoms with van der Waals surface area (Å²) in [5, 5.41) is 10.9. The number of non-ortho nitro benzene ring substituents is 1. The molecule has 1 aliphatic rings. The molecule has 0 aliphatic carbocycles. The summed E-state index contributed by atoms with van der Waals surface area (Å²) >= 11 is 6.08. The van der Waals surface area contributed by atoms with Gasteiger partial charge in [0.05, 0.1) is 15.5 Å². The summed E-state index contributed by atoms with van der Waals surface area (Å²) in [6.07, 6.45) is 4.14. The van der Waals surface area contributed by atoms with Crippen molar-refractivity contribution >= 4 is 23.2 Å². The highest BCUT2D eigenvalue weighted by molar-refractivity contribution is 6.34. The van der Waals surface area contributed by atoms with Crippen LogP contribution >= 0.6 is 11.6 Å². The molecule has 6 heteroatoms. The van der Waals surface area contributed by atoms with Gasteiger partial charge in [-0.2, -0.15) is 0 Å². The van der Waals surface area contributed by atoms with Crippen LogP contribution in [-0.4, -0.2) is 28.8 Å². The van der Waals surface area contributed by atoms with Gasteiger partial charge in [0.15, 0.2) is 0 Å². The monoisotopic (exact) mass is 372 g/mol. The Labute approximate surface area is 157 Å². The number of aryl methyl sites for hydroxylation is 1. The second-order valence-corrected chi connectivity index (χ2v) is 7.09. The fourth-order valence-corrected chi connectivity index (χ4v) is 3.66. The van der Waals surface area contributed by atoms with Gasteiger partial charge in [-0.3, -0.25) is 14.9 Å². The quantitative estimate of drug-likeness (QED) is 0.562. The second kappa shape index (κ2) is 8.32. The van der Waals surface area contributed by atoms with Gasteiger partial charge in [-0.1, -0.05) is 41.9 Å². The van der Waals surface area contributed by atoms with E-state index in [1.54, 1.807) is 4.90 Å². The van der Waals surface area contributed by atoms with Crippen molar-refractivity contribution in [2.24, 2.45) is 5.92 Å². The largest absolute Gasteiger partial charge is 0.339 e. The summed E-state index contributed by atoms with van der Waals surface area (Å²) < 4.78 is 0. The Kier molecular flexibility index (Phi) is 5.89. The zero-order valence-electron chi connectivity index (χ0n) is 14.4. The van der Waals surface area contributed by atoms with E-state index in [2.05, 4.69) is 24.3 Å².